The maximum Gasteiger partial charge on any atom is 0.305 e. The van der Waals surface area contributed by atoms with Crippen LogP contribution < -0.4 is 9.47 Å². The molecule has 0 radical (unpaired) electrons. The lowest BCUT2D eigenvalue weighted by molar-refractivity contribution is -0.138. The molecule has 8 heteroatoms. The van der Waals surface area contributed by atoms with Gasteiger partial charge in [0.2, 0.25) is 0 Å². The van der Waals surface area contributed by atoms with Gasteiger partial charge in [-0.05, 0) is 76.0 Å². The molecule has 8 nitrogen and oxygen atoms in total. The Balaban J connectivity index is 1.59. The highest BCUT2D eigenvalue weighted by Crippen LogP contribution is 2.45. The summed E-state index contributed by atoms with van der Waals surface area (Å²) in [6.07, 6.45) is 16.9. The minimum atomic E-state index is -0.862. The van der Waals surface area contributed by atoms with Crippen molar-refractivity contribution in [1.82, 2.24) is 0 Å². The van der Waals surface area contributed by atoms with E-state index in [1.807, 2.05) is 0 Å². The van der Waals surface area contributed by atoms with Gasteiger partial charge in [0, 0.05) is 5.56 Å². The van der Waals surface area contributed by atoms with Crippen LogP contribution in [0.5, 0.6) is 11.5 Å². The number of carboxylic acid groups (broad SMARTS) is 1. The van der Waals surface area contributed by atoms with Crippen molar-refractivity contribution in [3.05, 3.63) is 22.3 Å². The molecule has 1 aromatic rings. The van der Waals surface area contributed by atoms with Gasteiger partial charge in [-0.15, -0.1) is 0 Å². The van der Waals surface area contributed by atoms with Crippen molar-refractivity contribution in [3.63, 3.8) is 0 Å². The Morgan fingerprint density at radius 1 is 0.717 bits per heavy atom. The van der Waals surface area contributed by atoms with E-state index in [2.05, 4.69) is 41.5 Å². The smallest absolute Gasteiger partial charge is 0.305 e. The Morgan fingerprint density at radius 3 is 1.76 bits per heavy atom. The van der Waals surface area contributed by atoms with Crippen LogP contribution in [0, 0.1) is 26.7 Å². The maximum absolute atomic E-state index is 10.4. The summed E-state index contributed by atoms with van der Waals surface area (Å²) in [5, 5.41) is 8.56. The summed E-state index contributed by atoms with van der Waals surface area (Å²) in [5.74, 6) is 2.03. The Bertz CT molecular complexity index is 978. The molecule has 1 aromatic carbocycles. The number of carboxylic acids is 1. The molecule has 1 aliphatic rings. The first kappa shape index (κ1) is 40.3. The van der Waals surface area contributed by atoms with Gasteiger partial charge in [-0.3, -0.25) is 4.79 Å². The number of hydrogen-bond donors (Lipinski definition) is 1. The molecule has 1 aliphatic heterocycles. The highest BCUT2D eigenvalue weighted by molar-refractivity contribution is 5.66. The summed E-state index contributed by atoms with van der Waals surface area (Å²) in [6, 6.07) is 0. The van der Waals surface area contributed by atoms with Crippen LogP contribution in [0.25, 0.3) is 0 Å². The number of benzene rings is 1. The van der Waals surface area contributed by atoms with E-state index in [1.54, 1.807) is 0 Å². The molecule has 0 amide bonds. The van der Waals surface area contributed by atoms with Crippen LogP contribution in [-0.4, -0.2) is 76.1 Å². The summed E-state index contributed by atoms with van der Waals surface area (Å²) in [6.45, 7) is 17.3. The van der Waals surface area contributed by atoms with E-state index in [0.29, 0.717) is 52.9 Å². The van der Waals surface area contributed by atoms with E-state index in [1.165, 1.54) is 80.9 Å². The lowest BCUT2D eigenvalue weighted by atomic mass is 9.84. The molecule has 1 heterocycles. The van der Waals surface area contributed by atoms with Crippen molar-refractivity contribution in [2.45, 2.75) is 137 Å². The van der Waals surface area contributed by atoms with Crippen LogP contribution in [-0.2, 0) is 30.2 Å². The number of hydrogen-bond acceptors (Lipinski definition) is 7. The van der Waals surface area contributed by atoms with Crippen LogP contribution in [0.4, 0.5) is 0 Å². The van der Waals surface area contributed by atoms with E-state index in [4.69, 9.17) is 33.5 Å². The number of carbonyl (C=O) groups is 1. The molecule has 1 N–H and O–H groups in total. The quantitative estimate of drug-likeness (QED) is 0.0902. The minimum Gasteiger partial charge on any atom is -0.491 e. The molecule has 0 spiro atoms. The van der Waals surface area contributed by atoms with Crippen molar-refractivity contribution in [2.24, 2.45) is 5.92 Å². The molecule has 0 saturated carbocycles. The normalized spacial score (nSPS) is 16.1. The summed E-state index contributed by atoms with van der Waals surface area (Å²) >= 11 is 0. The van der Waals surface area contributed by atoms with Crippen molar-refractivity contribution in [1.29, 1.82) is 0 Å². The second-order valence-electron chi connectivity index (χ2n) is 13.6. The molecular formula is C38H66O8. The maximum atomic E-state index is 10.4. The van der Waals surface area contributed by atoms with Crippen LogP contribution >= 0.6 is 0 Å². The zero-order valence-corrected chi connectivity index (χ0v) is 30.1. The predicted octanol–water partition coefficient (Wildman–Crippen LogP) is 8.56. The molecule has 0 bridgehead atoms. The van der Waals surface area contributed by atoms with Crippen molar-refractivity contribution < 1.29 is 38.3 Å². The van der Waals surface area contributed by atoms with Crippen LogP contribution in [0.15, 0.2) is 0 Å². The van der Waals surface area contributed by atoms with Gasteiger partial charge in [0.15, 0.2) is 0 Å². The van der Waals surface area contributed by atoms with Gasteiger partial charge < -0.3 is 33.5 Å². The molecule has 1 atom stereocenters. The number of fused-ring (bicyclic) bond motifs is 1. The van der Waals surface area contributed by atoms with Gasteiger partial charge in [-0.2, -0.15) is 0 Å². The van der Waals surface area contributed by atoms with Gasteiger partial charge >= 0.3 is 5.97 Å². The van der Waals surface area contributed by atoms with Crippen molar-refractivity contribution in [3.8, 4) is 11.5 Å². The molecule has 0 saturated heterocycles. The number of aliphatic carboxylic acids is 1. The van der Waals surface area contributed by atoms with Crippen molar-refractivity contribution >= 4 is 5.97 Å². The molecule has 0 aliphatic carbocycles. The first-order valence-electron chi connectivity index (χ1n) is 18.1. The van der Waals surface area contributed by atoms with E-state index in [9.17, 15) is 4.79 Å². The SMILES string of the molecule is Cc1c(C)c2c(c(C)c1OCCOCCOCCOCCOCCC(=O)O)CCC(C)(CCCCCCCCCCCC(C)C)O2. The Labute approximate surface area is 280 Å². The summed E-state index contributed by atoms with van der Waals surface area (Å²) < 4.78 is 34.8. The van der Waals surface area contributed by atoms with Crippen LogP contribution in [0.3, 0.4) is 0 Å². The minimum absolute atomic E-state index is 0.00803. The Morgan fingerprint density at radius 2 is 1.22 bits per heavy atom. The number of unbranched alkanes of at least 4 members (excludes halogenated alkanes) is 8. The molecule has 46 heavy (non-hydrogen) atoms. The van der Waals surface area contributed by atoms with Crippen LogP contribution in [0.1, 0.15) is 126 Å². The predicted molar refractivity (Wildman–Crippen MR) is 185 cm³/mol. The fraction of sp³-hybridized carbons (Fsp3) is 0.816. The van der Waals surface area contributed by atoms with Gasteiger partial charge in [0.25, 0.3) is 0 Å². The standard InChI is InChI=1S/C38H66O8/c1-30(2)16-14-12-10-8-7-9-11-13-15-19-38(6)20-17-34-33(5)36(31(3)32(4)37(34)46-38)45-29-28-44-27-26-43-25-24-42-23-22-41-21-18-35(39)40/h30H,7-29H2,1-6H3,(H,39,40). The molecule has 0 aromatic heterocycles. The van der Waals surface area contributed by atoms with Gasteiger partial charge in [0.1, 0.15) is 23.7 Å². The topological polar surface area (TPSA) is 92.7 Å². The molecular weight excluding hydrogens is 584 g/mol. The first-order chi connectivity index (χ1) is 22.1. The third-order valence-corrected chi connectivity index (χ3v) is 9.10. The van der Waals surface area contributed by atoms with Gasteiger partial charge in [-0.1, -0.05) is 71.6 Å². The third-order valence-electron chi connectivity index (χ3n) is 9.10. The largest absolute Gasteiger partial charge is 0.491 e. The second-order valence-corrected chi connectivity index (χ2v) is 13.6. The zero-order valence-electron chi connectivity index (χ0n) is 30.1. The average molecular weight is 651 g/mol. The molecule has 266 valence electrons. The fourth-order valence-electron chi connectivity index (χ4n) is 6.09. The highest BCUT2D eigenvalue weighted by atomic mass is 16.6. The van der Waals surface area contributed by atoms with E-state index in [0.717, 1.165) is 42.2 Å². The first-order valence-corrected chi connectivity index (χ1v) is 18.1. The zero-order chi connectivity index (χ0) is 33.6. The Kier molecular flexibility index (Phi) is 20.6. The lowest BCUT2D eigenvalue weighted by Gasteiger charge is -2.38. The number of ether oxygens (including phenoxy) is 6. The highest BCUT2D eigenvalue weighted by Gasteiger charge is 2.34. The van der Waals surface area contributed by atoms with E-state index >= 15 is 0 Å². The van der Waals surface area contributed by atoms with E-state index < -0.39 is 5.97 Å². The Hall–Kier alpha value is -1.87. The van der Waals surface area contributed by atoms with Crippen molar-refractivity contribution in [2.75, 3.05) is 59.5 Å². The summed E-state index contributed by atoms with van der Waals surface area (Å²) in [4.78, 5) is 10.4. The van der Waals surface area contributed by atoms with Gasteiger partial charge in [-0.25, -0.2) is 0 Å². The fourth-order valence-corrected chi connectivity index (χ4v) is 6.09. The molecule has 0 fully saturated rings. The molecule has 2 rings (SSSR count). The summed E-state index contributed by atoms with van der Waals surface area (Å²) in [7, 11) is 0. The van der Waals surface area contributed by atoms with Gasteiger partial charge in [0.05, 0.1) is 59.3 Å². The van der Waals surface area contributed by atoms with E-state index in [-0.39, 0.29) is 18.6 Å². The molecule has 1 unspecified atom stereocenters. The summed E-state index contributed by atoms with van der Waals surface area (Å²) in [5.41, 5.74) is 4.75. The lowest BCUT2D eigenvalue weighted by Crippen LogP contribution is -2.37. The second kappa shape index (κ2) is 23.5. The third kappa shape index (κ3) is 16.3. The monoisotopic (exact) mass is 650 g/mol. The average Bonchev–Trinajstić information content (AvgIpc) is 3.01. The number of rotatable bonds is 28. The van der Waals surface area contributed by atoms with Crippen LogP contribution in [0.2, 0.25) is 0 Å².